The van der Waals surface area contributed by atoms with Gasteiger partial charge in [-0.3, -0.25) is 0 Å². The van der Waals surface area contributed by atoms with E-state index in [1.165, 1.54) is 38.4 Å². The lowest BCUT2D eigenvalue weighted by Crippen LogP contribution is -2.22. The van der Waals surface area contributed by atoms with Gasteiger partial charge in [0.2, 0.25) is 5.57 Å². The van der Waals surface area contributed by atoms with Crippen LogP contribution >= 0.6 is 0 Å². The molecule has 0 atom stereocenters. The fourth-order valence-electron chi connectivity index (χ4n) is 1.82. The summed E-state index contributed by atoms with van der Waals surface area (Å²) in [6.45, 7) is 14.4. The van der Waals surface area contributed by atoms with Crippen LogP contribution in [-0.2, 0) is 28.6 Å². The number of esters is 3. The van der Waals surface area contributed by atoms with E-state index in [4.69, 9.17) is 0 Å². The second-order valence-corrected chi connectivity index (χ2v) is 8.04. The first kappa shape index (κ1) is 43.8. The average Bonchev–Trinajstić information content (AvgIpc) is 2.86. The molecular weight excluding hydrogens is 560 g/mol. The zero-order chi connectivity index (χ0) is 32.8. The number of hydrogen-bond acceptors (Lipinski definition) is 6. The third-order valence-corrected chi connectivity index (χ3v) is 4.64. The molecule has 0 fully saturated rings. The molecule has 0 aromatic rings. The fraction of sp³-hybridized carbons (Fsp3) is 0.577. The molecule has 0 amide bonds. The van der Waals surface area contributed by atoms with E-state index in [-0.39, 0.29) is 5.97 Å². The van der Waals surface area contributed by atoms with Gasteiger partial charge in [0.15, 0.2) is 0 Å². The number of methoxy groups -OCH3 is 3. The van der Waals surface area contributed by atoms with Gasteiger partial charge >= 0.3 is 30.2 Å². The van der Waals surface area contributed by atoms with E-state index in [1.54, 1.807) is 12.5 Å². The van der Waals surface area contributed by atoms with Gasteiger partial charge in [-0.2, -0.15) is 35.1 Å². The standard InChI is InChI=1S/C10H20.C7H12O2.C5H3F5O2.C4H3F3O2/c1-5-6-7-8-10(4)9(2)3;1-5(2)6(3)7(8)9-4;1-12-4(11)2(3(6)7)5(8,9)10;1-9-4(8)2(5)3(6)7/h5-8H2,1-4H3;1-4H3;1H3;1H3. The Morgan fingerprint density at radius 3 is 1.23 bits per heavy atom. The van der Waals surface area contributed by atoms with Gasteiger partial charge < -0.3 is 14.2 Å². The third-order valence-electron chi connectivity index (χ3n) is 4.64. The minimum Gasteiger partial charge on any atom is -0.466 e. The van der Waals surface area contributed by atoms with Gasteiger partial charge in [0.05, 0.1) is 21.3 Å². The quantitative estimate of drug-likeness (QED) is 0.0730. The molecule has 0 aromatic heterocycles. The third kappa shape index (κ3) is 22.8. The molecule has 0 aliphatic rings. The van der Waals surface area contributed by atoms with Crippen molar-refractivity contribution in [1.82, 2.24) is 0 Å². The highest BCUT2D eigenvalue weighted by atomic mass is 19.4. The highest BCUT2D eigenvalue weighted by Crippen LogP contribution is 2.30. The van der Waals surface area contributed by atoms with Crippen molar-refractivity contribution in [1.29, 1.82) is 0 Å². The normalized spacial score (nSPS) is 9.45. The van der Waals surface area contributed by atoms with Crippen molar-refractivity contribution in [3.05, 3.63) is 45.9 Å². The molecule has 40 heavy (non-hydrogen) atoms. The molecule has 6 nitrogen and oxygen atoms in total. The van der Waals surface area contributed by atoms with Crippen LogP contribution in [0.4, 0.5) is 35.1 Å². The molecule has 0 spiro atoms. The summed E-state index contributed by atoms with van der Waals surface area (Å²) in [4.78, 5) is 30.6. The van der Waals surface area contributed by atoms with Gasteiger partial charge in [-0.25, -0.2) is 14.4 Å². The van der Waals surface area contributed by atoms with E-state index in [0.29, 0.717) is 12.7 Å². The largest absolute Gasteiger partial charge is 0.466 e. The summed E-state index contributed by atoms with van der Waals surface area (Å²) >= 11 is 0. The Bertz CT molecular complexity index is 880. The van der Waals surface area contributed by atoms with E-state index in [0.717, 1.165) is 12.7 Å². The number of alkyl halides is 3. The first-order valence-electron chi connectivity index (χ1n) is 11.5. The number of rotatable bonds is 7. The van der Waals surface area contributed by atoms with Crippen molar-refractivity contribution < 1.29 is 63.7 Å². The molecule has 0 rings (SSSR count). The minimum atomic E-state index is -5.38. The van der Waals surface area contributed by atoms with Crippen molar-refractivity contribution in [2.45, 2.75) is 80.3 Å². The van der Waals surface area contributed by atoms with E-state index >= 15 is 0 Å². The van der Waals surface area contributed by atoms with Crippen LogP contribution in [-0.4, -0.2) is 45.4 Å². The summed E-state index contributed by atoms with van der Waals surface area (Å²) in [6, 6.07) is 0. The number of hydrogen-bond donors (Lipinski definition) is 0. The van der Waals surface area contributed by atoms with Crippen LogP contribution in [0.5, 0.6) is 0 Å². The Labute approximate surface area is 229 Å². The lowest BCUT2D eigenvalue weighted by Gasteiger charge is -2.06. The van der Waals surface area contributed by atoms with Crippen molar-refractivity contribution in [2.24, 2.45) is 0 Å². The predicted molar refractivity (Wildman–Crippen MR) is 134 cm³/mol. The fourth-order valence-corrected chi connectivity index (χ4v) is 1.82. The summed E-state index contributed by atoms with van der Waals surface area (Å²) in [5, 5.41) is 0. The molecule has 0 unspecified atom stereocenters. The molecule has 0 saturated heterocycles. The number of carbonyl (C=O) groups excluding carboxylic acids is 3. The van der Waals surface area contributed by atoms with Crippen LogP contribution < -0.4 is 0 Å². The van der Waals surface area contributed by atoms with Crippen molar-refractivity contribution in [3.8, 4) is 0 Å². The van der Waals surface area contributed by atoms with Crippen molar-refractivity contribution in [2.75, 3.05) is 21.3 Å². The smallest absolute Gasteiger partial charge is 0.428 e. The van der Waals surface area contributed by atoms with Crippen molar-refractivity contribution >= 4 is 17.9 Å². The summed E-state index contributed by atoms with van der Waals surface area (Å²) in [5.41, 5.74) is 2.20. The second-order valence-electron chi connectivity index (χ2n) is 8.04. The number of ether oxygens (including phenoxy) is 3. The summed E-state index contributed by atoms with van der Waals surface area (Å²) in [7, 11) is 2.77. The van der Waals surface area contributed by atoms with Gasteiger partial charge in [-0.05, 0) is 54.4 Å². The van der Waals surface area contributed by atoms with Gasteiger partial charge in [0.1, 0.15) is 0 Å². The number of halogens is 8. The Balaban J connectivity index is -0.000000218. The molecule has 14 heteroatoms. The molecule has 0 aliphatic heterocycles. The molecule has 0 N–H and O–H groups in total. The second kappa shape index (κ2) is 23.7. The molecule has 0 saturated carbocycles. The van der Waals surface area contributed by atoms with Crippen LogP contribution in [0.25, 0.3) is 0 Å². The van der Waals surface area contributed by atoms with Crippen LogP contribution in [0.3, 0.4) is 0 Å². The Morgan fingerprint density at radius 1 is 0.625 bits per heavy atom. The lowest BCUT2D eigenvalue weighted by molar-refractivity contribution is -0.149. The highest BCUT2D eigenvalue weighted by molar-refractivity contribution is 5.90. The minimum absolute atomic E-state index is 0.241. The van der Waals surface area contributed by atoms with E-state index in [1.807, 2.05) is 13.8 Å². The molecule has 0 aromatic carbocycles. The van der Waals surface area contributed by atoms with E-state index in [2.05, 4.69) is 41.9 Å². The van der Waals surface area contributed by atoms with Crippen LogP contribution in [0.15, 0.2) is 45.9 Å². The first-order valence-corrected chi connectivity index (χ1v) is 11.5. The van der Waals surface area contributed by atoms with Gasteiger partial charge in [-0.15, -0.1) is 0 Å². The molecule has 234 valence electrons. The Hall–Kier alpha value is -3.19. The maximum Gasteiger partial charge on any atom is 0.428 e. The monoisotopic (exact) mass is 598 g/mol. The van der Waals surface area contributed by atoms with Gasteiger partial charge in [0, 0.05) is 5.57 Å². The predicted octanol–water partition coefficient (Wildman–Crippen LogP) is 8.55. The maximum absolute atomic E-state index is 11.6. The molecular formula is C26H38F8O6. The van der Waals surface area contributed by atoms with Gasteiger partial charge in [-0.1, -0.05) is 36.5 Å². The Morgan fingerprint density at radius 2 is 1.05 bits per heavy atom. The van der Waals surface area contributed by atoms with Crippen LogP contribution in [0, 0.1) is 0 Å². The van der Waals surface area contributed by atoms with Crippen molar-refractivity contribution in [3.63, 3.8) is 0 Å². The first-order chi connectivity index (χ1) is 18.2. The van der Waals surface area contributed by atoms with Gasteiger partial charge in [0.25, 0.3) is 11.9 Å². The lowest BCUT2D eigenvalue weighted by atomic mass is 10.1. The topological polar surface area (TPSA) is 78.9 Å². The number of allylic oxidation sites excluding steroid dienone is 3. The number of carbonyl (C=O) groups is 3. The highest BCUT2D eigenvalue weighted by Gasteiger charge is 2.43. The van der Waals surface area contributed by atoms with Crippen LogP contribution in [0.1, 0.15) is 74.1 Å². The zero-order valence-corrected chi connectivity index (χ0v) is 24.3. The Kier molecular flexibility index (Phi) is 26.0. The molecule has 0 radical (unpaired) electrons. The molecule has 0 aliphatic carbocycles. The molecule has 0 heterocycles. The summed E-state index contributed by atoms with van der Waals surface area (Å²) < 4.78 is 103. The SMILES string of the molecule is CCCCCC(C)=C(C)C.COC(=O)C(=C(F)F)C(F)(F)F.COC(=O)C(C)=C(C)C.COC(=O)C(F)=C(F)F. The van der Waals surface area contributed by atoms with E-state index in [9.17, 15) is 49.5 Å². The molecule has 0 bridgehead atoms. The summed E-state index contributed by atoms with van der Waals surface area (Å²) in [6.07, 6.45) is -5.77. The maximum atomic E-state index is 11.6. The van der Waals surface area contributed by atoms with Crippen LogP contribution in [0.2, 0.25) is 0 Å². The number of unbranched alkanes of at least 4 members (excludes halogenated alkanes) is 2. The zero-order valence-electron chi connectivity index (χ0n) is 24.3. The van der Waals surface area contributed by atoms with E-state index < -0.39 is 41.7 Å². The summed E-state index contributed by atoms with van der Waals surface area (Å²) in [5.74, 6) is -6.13. The average molecular weight is 599 g/mol.